The van der Waals surface area contributed by atoms with Gasteiger partial charge in [0.2, 0.25) is 12.5 Å². The number of hydrogen-bond donors (Lipinski definition) is 2. The third kappa shape index (κ3) is 1.65. The third-order valence-corrected chi connectivity index (χ3v) is 3.34. The Kier molecular flexibility index (Phi) is 2.81. The highest BCUT2D eigenvalue weighted by atomic mass is 16.6. The number of nitro groups is 1. The molecule has 0 aromatic heterocycles. The van der Waals surface area contributed by atoms with Crippen molar-refractivity contribution in [2.75, 3.05) is 6.54 Å². The highest BCUT2D eigenvalue weighted by Crippen LogP contribution is 2.43. The zero-order chi connectivity index (χ0) is 13.6. The molecular weight excluding hydrogens is 244 g/mol. The van der Waals surface area contributed by atoms with E-state index in [1.54, 1.807) is 0 Å². The van der Waals surface area contributed by atoms with E-state index in [4.69, 9.17) is 5.11 Å². The second kappa shape index (κ2) is 4.05. The summed E-state index contributed by atoms with van der Waals surface area (Å²) in [6, 6.07) is -0.460. The molecule has 2 aliphatic rings. The van der Waals surface area contributed by atoms with E-state index in [0.29, 0.717) is 0 Å². The molecule has 0 aromatic rings. The van der Waals surface area contributed by atoms with Crippen LogP contribution in [0.1, 0.15) is 13.3 Å². The lowest BCUT2D eigenvalue weighted by Gasteiger charge is -2.44. The van der Waals surface area contributed by atoms with Crippen molar-refractivity contribution in [3.63, 3.8) is 0 Å². The number of rotatable bonds is 4. The van der Waals surface area contributed by atoms with Crippen LogP contribution in [0.15, 0.2) is 11.3 Å². The molecule has 3 atom stereocenters. The Morgan fingerprint density at radius 1 is 1.67 bits per heavy atom. The Labute approximate surface area is 102 Å². The van der Waals surface area contributed by atoms with Crippen molar-refractivity contribution in [2.45, 2.75) is 25.5 Å². The van der Waals surface area contributed by atoms with Gasteiger partial charge >= 0.3 is 5.97 Å². The predicted molar refractivity (Wildman–Crippen MR) is 56.9 cm³/mol. The van der Waals surface area contributed by atoms with Crippen molar-refractivity contribution in [3.05, 3.63) is 21.4 Å². The summed E-state index contributed by atoms with van der Waals surface area (Å²) in [6.45, 7) is 0.861. The third-order valence-electron chi connectivity index (χ3n) is 3.34. The summed E-state index contributed by atoms with van der Waals surface area (Å²) in [5.74, 6) is -2.49. The number of fused-ring (bicyclic) bond motifs is 1. The molecular formula is C10H12N2O6. The largest absolute Gasteiger partial charge is 0.477 e. The zero-order valence-corrected chi connectivity index (χ0v) is 9.57. The van der Waals surface area contributed by atoms with Gasteiger partial charge in [0.1, 0.15) is 5.70 Å². The first-order valence-electron chi connectivity index (χ1n) is 5.42. The second-order valence-electron chi connectivity index (χ2n) is 4.49. The number of β-lactam (4-membered cyclic amide) rings is 1. The SMILES string of the molecule is CC(O)C1C(=O)N2C(C(=O)O)=C(C[N+](=O)[O-])CC12. The number of aliphatic hydroxyl groups is 1. The average molecular weight is 256 g/mol. The molecule has 2 aliphatic heterocycles. The molecule has 8 heteroatoms. The first-order chi connectivity index (χ1) is 8.34. The Balaban J connectivity index is 2.29. The van der Waals surface area contributed by atoms with E-state index in [2.05, 4.69) is 0 Å². The summed E-state index contributed by atoms with van der Waals surface area (Å²) in [4.78, 5) is 33.7. The van der Waals surface area contributed by atoms with Crippen molar-refractivity contribution >= 4 is 11.9 Å². The molecule has 0 bridgehead atoms. The molecule has 1 saturated heterocycles. The van der Waals surface area contributed by atoms with Crippen LogP contribution in [-0.4, -0.2) is 50.6 Å². The predicted octanol–water partition coefficient (Wildman–Crippen LogP) is -0.787. The van der Waals surface area contributed by atoms with E-state index < -0.39 is 41.4 Å². The van der Waals surface area contributed by atoms with Gasteiger partial charge in [0.15, 0.2) is 0 Å². The number of carbonyl (C=O) groups is 2. The first kappa shape index (κ1) is 12.5. The van der Waals surface area contributed by atoms with Gasteiger partial charge in [-0.05, 0) is 13.3 Å². The Morgan fingerprint density at radius 3 is 2.72 bits per heavy atom. The lowest BCUT2D eigenvalue weighted by molar-refractivity contribution is -0.471. The summed E-state index contributed by atoms with van der Waals surface area (Å²) in [7, 11) is 0. The van der Waals surface area contributed by atoms with Gasteiger partial charge in [0.25, 0.3) is 0 Å². The smallest absolute Gasteiger partial charge is 0.352 e. The minimum absolute atomic E-state index is 0.133. The highest BCUT2D eigenvalue weighted by molar-refractivity contribution is 5.99. The maximum atomic E-state index is 11.7. The monoisotopic (exact) mass is 256 g/mol. The molecule has 0 aromatic carbocycles. The summed E-state index contributed by atoms with van der Waals surface area (Å²) in [5.41, 5.74) is -0.160. The molecule has 3 unspecified atom stereocenters. The maximum Gasteiger partial charge on any atom is 0.352 e. The van der Waals surface area contributed by atoms with Gasteiger partial charge in [-0.15, -0.1) is 0 Å². The molecule has 1 amide bonds. The lowest BCUT2D eigenvalue weighted by atomic mass is 9.83. The molecule has 0 aliphatic carbocycles. The molecule has 2 N–H and O–H groups in total. The second-order valence-corrected chi connectivity index (χ2v) is 4.49. The molecule has 2 heterocycles. The number of carbonyl (C=O) groups excluding carboxylic acids is 1. The Hall–Kier alpha value is -1.96. The van der Waals surface area contributed by atoms with Crippen molar-refractivity contribution in [3.8, 4) is 0 Å². The van der Waals surface area contributed by atoms with Crippen LogP contribution in [0.5, 0.6) is 0 Å². The van der Waals surface area contributed by atoms with Crippen LogP contribution in [0, 0.1) is 16.0 Å². The van der Waals surface area contributed by atoms with E-state index in [-0.39, 0.29) is 17.7 Å². The van der Waals surface area contributed by atoms with Crippen LogP contribution < -0.4 is 0 Å². The lowest BCUT2D eigenvalue weighted by Crippen LogP contribution is -2.61. The summed E-state index contributed by atoms with van der Waals surface area (Å²) in [6.07, 6.45) is -0.743. The van der Waals surface area contributed by atoms with Crippen molar-refractivity contribution in [1.82, 2.24) is 4.90 Å². The van der Waals surface area contributed by atoms with Gasteiger partial charge in [-0.3, -0.25) is 14.9 Å². The number of aliphatic hydroxyl groups excluding tert-OH is 1. The summed E-state index contributed by atoms with van der Waals surface area (Å²) < 4.78 is 0. The molecule has 98 valence electrons. The van der Waals surface area contributed by atoms with Gasteiger partial charge in [-0.1, -0.05) is 0 Å². The zero-order valence-electron chi connectivity index (χ0n) is 9.57. The van der Waals surface area contributed by atoms with Crippen molar-refractivity contribution in [1.29, 1.82) is 0 Å². The number of aliphatic carboxylic acids is 1. The molecule has 0 radical (unpaired) electrons. The van der Waals surface area contributed by atoms with Crippen LogP contribution in [-0.2, 0) is 9.59 Å². The van der Waals surface area contributed by atoms with Crippen LogP contribution in [0.25, 0.3) is 0 Å². The van der Waals surface area contributed by atoms with E-state index >= 15 is 0 Å². The molecule has 0 saturated carbocycles. The van der Waals surface area contributed by atoms with Crippen LogP contribution in [0.2, 0.25) is 0 Å². The van der Waals surface area contributed by atoms with Crippen LogP contribution >= 0.6 is 0 Å². The van der Waals surface area contributed by atoms with E-state index in [9.17, 15) is 24.8 Å². The van der Waals surface area contributed by atoms with Gasteiger partial charge in [0, 0.05) is 10.5 Å². The van der Waals surface area contributed by atoms with Gasteiger partial charge in [-0.25, -0.2) is 4.79 Å². The number of carboxylic acids is 1. The normalized spacial score (nSPS) is 27.9. The first-order valence-corrected chi connectivity index (χ1v) is 5.42. The number of nitrogens with zero attached hydrogens (tertiary/aromatic N) is 2. The van der Waals surface area contributed by atoms with Crippen LogP contribution in [0.4, 0.5) is 0 Å². The quantitative estimate of drug-likeness (QED) is 0.386. The van der Waals surface area contributed by atoms with Crippen molar-refractivity contribution < 1.29 is 24.7 Å². The number of carboxylic acid groups (broad SMARTS) is 1. The fourth-order valence-electron chi connectivity index (χ4n) is 2.66. The fraction of sp³-hybridized carbons (Fsp3) is 0.600. The summed E-state index contributed by atoms with van der Waals surface area (Å²) >= 11 is 0. The van der Waals surface area contributed by atoms with Crippen molar-refractivity contribution in [2.24, 2.45) is 5.92 Å². The van der Waals surface area contributed by atoms with E-state index in [1.807, 2.05) is 0 Å². The standard InChI is InChI=1S/C10H12N2O6/c1-4(13)7-6-2-5(3-11(17)18)8(10(15)16)12(6)9(7)14/h4,6-7,13H,2-3H2,1H3,(H,15,16). The fourth-order valence-corrected chi connectivity index (χ4v) is 2.66. The minimum Gasteiger partial charge on any atom is -0.477 e. The molecule has 1 fully saturated rings. The number of hydrogen-bond acceptors (Lipinski definition) is 5. The topological polar surface area (TPSA) is 121 Å². The molecule has 0 spiro atoms. The maximum absolute atomic E-state index is 11.7. The Morgan fingerprint density at radius 2 is 2.28 bits per heavy atom. The van der Waals surface area contributed by atoms with Gasteiger partial charge < -0.3 is 15.1 Å². The minimum atomic E-state index is -1.34. The molecule has 8 nitrogen and oxygen atoms in total. The molecule has 18 heavy (non-hydrogen) atoms. The number of amides is 1. The highest BCUT2D eigenvalue weighted by Gasteiger charge is 2.57. The van der Waals surface area contributed by atoms with Gasteiger partial charge in [-0.2, -0.15) is 0 Å². The summed E-state index contributed by atoms with van der Waals surface area (Å²) in [5, 5.41) is 28.9. The van der Waals surface area contributed by atoms with E-state index in [1.165, 1.54) is 6.92 Å². The van der Waals surface area contributed by atoms with Gasteiger partial charge in [0.05, 0.1) is 18.1 Å². The average Bonchev–Trinajstić information content (AvgIpc) is 2.51. The van der Waals surface area contributed by atoms with Crippen LogP contribution in [0.3, 0.4) is 0 Å². The van der Waals surface area contributed by atoms with E-state index in [0.717, 1.165) is 4.90 Å². The Bertz CT molecular complexity index is 469. The molecule has 2 rings (SSSR count).